The van der Waals surface area contributed by atoms with Crippen LogP contribution in [-0.2, 0) is 16.0 Å². The van der Waals surface area contributed by atoms with Crippen molar-refractivity contribution >= 4 is 34.2 Å². The molecule has 1 atom stereocenters. The lowest BCUT2D eigenvalue weighted by Crippen LogP contribution is -2.48. The highest BCUT2D eigenvalue weighted by molar-refractivity contribution is 6.25. The van der Waals surface area contributed by atoms with Gasteiger partial charge < -0.3 is 15.1 Å². The fourth-order valence-electron chi connectivity index (χ4n) is 4.51. The van der Waals surface area contributed by atoms with Gasteiger partial charge in [-0.25, -0.2) is 0 Å². The van der Waals surface area contributed by atoms with Crippen LogP contribution in [0.2, 0.25) is 0 Å². The van der Waals surface area contributed by atoms with Gasteiger partial charge in [0, 0.05) is 37.5 Å². The summed E-state index contributed by atoms with van der Waals surface area (Å²) in [5, 5.41) is 4.67. The molecule has 0 saturated carbocycles. The van der Waals surface area contributed by atoms with E-state index in [1.165, 1.54) is 0 Å². The van der Waals surface area contributed by atoms with E-state index in [1.54, 1.807) is 23.8 Å². The first kappa shape index (κ1) is 22.5. The number of amides is 3. The van der Waals surface area contributed by atoms with E-state index >= 15 is 0 Å². The molecule has 0 saturated heterocycles. The van der Waals surface area contributed by atoms with Gasteiger partial charge in [-0.15, -0.1) is 0 Å². The van der Waals surface area contributed by atoms with Gasteiger partial charge in [0.1, 0.15) is 6.04 Å². The first-order valence-electron chi connectivity index (χ1n) is 11.4. The lowest BCUT2D eigenvalue weighted by atomic mass is 10.1. The zero-order valence-electron chi connectivity index (χ0n) is 19.1. The van der Waals surface area contributed by atoms with Crippen molar-refractivity contribution in [2.75, 3.05) is 25.0 Å². The predicted octanol–water partition coefficient (Wildman–Crippen LogP) is 3.79. The van der Waals surface area contributed by atoms with E-state index < -0.39 is 6.04 Å². The van der Waals surface area contributed by atoms with Crippen LogP contribution in [0.25, 0.3) is 10.8 Å². The van der Waals surface area contributed by atoms with Gasteiger partial charge in [-0.05, 0) is 42.8 Å². The van der Waals surface area contributed by atoms with E-state index in [1.807, 2.05) is 66.7 Å². The van der Waals surface area contributed by atoms with E-state index in [4.69, 9.17) is 0 Å². The molecule has 1 N–H and O–H groups in total. The molecule has 0 unspecified atom stereocenters. The number of carbonyl (C=O) groups is 3. The Morgan fingerprint density at radius 2 is 1.73 bits per heavy atom. The van der Waals surface area contributed by atoms with Gasteiger partial charge in [0.05, 0.1) is 5.69 Å². The first-order chi connectivity index (χ1) is 16.0. The lowest BCUT2D eigenvalue weighted by molar-refractivity contribution is -0.139. The van der Waals surface area contributed by atoms with Gasteiger partial charge in [-0.3, -0.25) is 14.4 Å². The predicted molar refractivity (Wildman–Crippen MR) is 130 cm³/mol. The molecule has 1 aliphatic heterocycles. The summed E-state index contributed by atoms with van der Waals surface area (Å²) in [6, 6.07) is 21.1. The third-order valence-electron chi connectivity index (χ3n) is 6.32. The number of nitrogens with one attached hydrogen (secondary N) is 1. The van der Waals surface area contributed by atoms with Crippen LogP contribution in [0.4, 0.5) is 5.69 Å². The van der Waals surface area contributed by atoms with Crippen molar-refractivity contribution in [1.29, 1.82) is 0 Å². The highest BCUT2D eigenvalue weighted by Gasteiger charge is 2.30. The molecule has 0 radical (unpaired) electrons. The second-order valence-electron chi connectivity index (χ2n) is 8.35. The molecule has 3 aromatic rings. The van der Waals surface area contributed by atoms with Crippen LogP contribution in [0, 0.1) is 0 Å². The number of anilines is 1. The van der Waals surface area contributed by atoms with E-state index in [2.05, 4.69) is 5.32 Å². The second kappa shape index (κ2) is 9.86. The number of likely N-dealkylation sites (N-methyl/N-ethyl adjacent to an activating group) is 1. The van der Waals surface area contributed by atoms with Gasteiger partial charge in [0.25, 0.3) is 5.91 Å². The number of hydrogen-bond donors (Lipinski definition) is 1. The third kappa shape index (κ3) is 4.60. The van der Waals surface area contributed by atoms with E-state index in [-0.39, 0.29) is 24.1 Å². The van der Waals surface area contributed by atoms with Crippen LogP contribution in [0.1, 0.15) is 35.7 Å². The van der Waals surface area contributed by atoms with Gasteiger partial charge in [0.2, 0.25) is 11.8 Å². The Hall–Kier alpha value is -3.67. The van der Waals surface area contributed by atoms with E-state index in [9.17, 15) is 14.4 Å². The molecule has 3 amide bonds. The van der Waals surface area contributed by atoms with Crippen LogP contribution in [0.5, 0.6) is 0 Å². The van der Waals surface area contributed by atoms with Crippen LogP contribution in [-0.4, -0.2) is 48.8 Å². The summed E-state index contributed by atoms with van der Waals surface area (Å²) >= 11 is 0. The molecular weight excluding hydrogens is 414 g/mol. The lowest BCUT2D eigenvalue weighted by Gasteiger charge is -2.28. The van der Waals surface area contributed by atoms with Crippen LogP contribution < -0.4 is 10.2 Å². The maximum absolute atomic E-state index is 13.1. The molecule has 170 valence electrons. The van der Waals surface area contributed by atoms with Crippen molar-refractivity contribution in [3.8, 4) is 0 Å². The van der Waals surface area contributed by atoms with Crippen molar-refractivity contribution in [2.24, 2.45) is 0 Å². The van der Waals surface area contributed by atoms with Crippen molar-refractivity contribution in [1.82, 2.24) is 10.2 Å². The maximum Gasteiger partial charge on any atom is 0.258 e. The number of hydrogen-bond acceptors (Lipinski definition) is 3. The molecule has 1 aliphatic rings. The Kier molecular flexibility index (Phi) is 6.73. The number of carbonyl (C=O) groups excluding carboxylic acids is 3. The summed E-state index contributed by atoms with van der Waals surface area (Å²) in [6.45, 7) is 2.67. The fraction of sp³-hybridized carbons (Fsp3) is 0.296. The zero-order valence-corrected chi connectivity index (χ0v) is 19.1. The SMILES string of the molecule is CNC(=O)[C@H](C)N(CCc1ccccc1)C(=O)CCCN1C(=O)c2cccc3cccc1c23. The van der Waals surface area contributed by atoms with Crippen LogP contribution in [0.15, 0.2) is 66.7 Å². The molecule has 0 spiro atoms. The number of rotatable bonds is 9. The number of nitrogens with zero attached hydrogens (tertiary/aromatic N) is 2. The van der Waals surface area contributed by atoms with Gasteiger partial charge in [-0.2, -0.15) is 0 Å². The molecule has 1 heterocycles. The number of benzene rings is 3. The summed E-state index contributed by atoms with van der Waals surface area (Å²) in [5.74, 6) is -0.286. The molecule has 3 aromatic carbocycles. The first-order valence-corrected chi connectivity index (χ1v) is 11.4. The molecule has 4 rings (SSSR count). The second-order valence-corrected chi connectivity index (χ2v) is 8.35. The van der Waals surface area contributed by atoms with Crippen molar-refractivity contribution in [3.05, 3.63) is 77.9 Å². The molecule has 0 fully saturated rings. The van der Waals surface area contributed by atoms with E-state index in [0.717, 1.165) is 22.0 Å². The Morgan fingerprint density at radius 1 is 1.00 bits per heavy atom. The normalized spacial score (nSPS) is 13.3. The summed E-state index contributed by atoms with van der Waals surface area (Å²) < 4.78 is 0. The van der Waals surface area contributed by atoms with Crippen molar-refractivity contribution in [2.45, 2.75) is 32.2 Å². The van der Waals surface area contributed by atoms with Crippen LogP contribution in [0.3, 0.4) is 0 Å². The molecule has 33 heavy (non-hydrogen) atoms. The smallest absolute Gasteiger partial charge is 0.258 e. The molecule has 6 heteroatoms. The van der Waals surface area contributed by atoms with E-state index in [0.29, 0.717) is 31.5 Å². The Labute approximate surface area is 194 Å². The Balaban J connectivity index is 1.41. The average molecular weight is 444 g/mol. The van der Waals surface area contributed by atoms with Crippen molar-refractivity contribution < 1.29 is 14.4 Å². The maximum atomic E-state index is 13.1. The Morgan fingerprint density at radius 3 is 2.45 bits per heavy atom. The molecule has 6 nitrogen and oxygen atoms in total. The molecule has 0 aliphatic carbocycles. The third-order valence-corrected chi connectivity index (χ3v) is 6.32. The summed E-state index contributed by atoms with van der Waals surface area (Å²) in [7, 11) is 1.58. The summed E-state index contributed by atoms with van der Waals surface area (Å²) in [5.41, 5.74) is 2.74. The minimum atomic E-state index is -0.558. The monoisotopic (exact) mass is 443 g/mol. The quantitative estimate of drug-likeness (QED) is 0.547. The minimum absolute atomic E-state index is 0.0195. The molecular formula is C27H29N3O3. The standard InChI is InChI=1S/C27H29N3O3/c1-19(26(32)28-2)29(18-16-20-9-4-3-5-10-20)24(31)15-8-17-30-23-14-7-12-21-11-6-13-22(25(21)23)27(30)33/h3-7,9-14,19H,8,15-18H2,1-2H3,(H,28,32)/t19-/m0/s1. The zero-order chi connectivity index (χ0) is 23.4. The van der Waals surface area contributed by atoms with Crippen LogP contribution >= 0.6 is 0 Å². The minimum Gasteiger partial charge on any atom is -0.357 e. The highest BCUT2D eigenvalue weighted by atomic mass is 16.2. The van der Waals surface area contributed by atoms with Crippen molar-refractivity contribution in [3.63, 3.8) is 0 Å². The molecule has 0 bridgehead atoms. The van der Waals surface area contributed by atoms with Gasteiger partial charge in [-0.1, -0.05) is 54.6 Å². The fourth-order valence-corrected chi connectivity index (χ4v) is 4.51. The summed E-state index contributed by atoms with van der Waals surface area (Å²) in [4.78, 5) is 41.8. The average Bonchev–Trinajstić information content (AvgIpc) is 3.12. The topological polar surface area (TPSA) is 69.7 Å². The van der Waals surface area contributed by atoms with Gasteiger partial charge >= 0.3 is 0 Å². The molecule has 0 aromatic heterocycles. The highest BCUT2D eigenvalue weighted by Crippen LogP contribution is 2.37. The van der Waals surface area contributed by atoms with Gasteiger partial charge in [0.15, 0.2) is 0 Å². The largest absolute Gasteiger partial charge is 0.357 e. The summed E-state index contributed by atoms with van der Waals surface area (Å²) in [6.07, 6.45) is 1.47. The Bertz CT molecular complexity index is 1170.